The second kappa shape index (κ2) is 8.34. The number of nitrogens with one attached hydrogen (secondary N) is 3. The van der Waals surface area contributed by atoms with Crippen LogP contribution in [0.1, 0.15) is 33.3 Å². The Labute approximate surface area is 181 Å². The summed E-state index contributed by atoms with van der Waals surface area (Å²) in [6.45, 7) is -1.11. The summed E-state index contributed by atoms with van der Waals surface area (Å²) < 4.78 is 32.4. The number of methoxy groups -OCH3 is 1. The molecule has 2 amide bonds. The molecule has 0 atom stereocenters. The molecule has 3 heterocycles. The third-order valence-corrected chi connectivity index (χ3v) is 4.45. The highest BCUT2D eigenvalue weighted by Crippen LogP contribution is 2.36. The molecule has 1 saturated carbocycles. The Morgan fingerprint density at radius 3 is 2.84 bits per heavy atom. The van der Waals surface area contributed by atoms with Crippen LogP contribution in [0.15, 0.2) is 22.9 Å². The highest BCUT2D eigenvalue weighted by Gasteiger charge is 2.30. The van der Waals surface area contributed by atoms with E-state index in [9.17, 15) is 9.59 Å². The smallest absolute Gasteiger partial charge is 0.273 e. The molecule has 0 saturated heterocycles. The first-order valence-electron chi connectivity index (χ1n) is 10.8. The lowest BCUT2D eigenvalue weighted by molar-refractivity contribution is -0.117. The molecular formula is C19H20N8O4. The van der Waals surface area contributed by atoms with Crippen LogP contribution in [0, 0.1) is 12.8 Å². The summed E-state index contributed by atoms with van der Waals surface area (Å²) in [7, 11) is 1.41. The average molecular weight is 427 g/mol. The molecule has 1 aliphatic rings. The van der Waals surface area contributed by atoms with Crippen molar-refractivity contribution in [2.75, 3.05) is 24.7 Å². The van der Waals surface area contributed by atoms with Crippen molar-refractivity contribution >= 4 is 29.1 Å². The zero-order chi connectivity index (χ0) is 24.5. The maximum Gasteiger partial charge on any atom is 0.273 e. The van der Waals surface area contributed by atoms with E-state index in [4.69, 9.17) is 13.4 Å². The Balaban J connectivity index is 1.72. The summed E-state index contributed by atoms with van der Waals surface area (Å²) in [6, 6.07) is 2.97. The van der Waals surface area contributed by atoms with E-state index in [0.717, 1.165) is 12.8 Å². The zero-order valence-electron chi connectivity index (χ0n) is 19.6. The van der Waals surface area contributed by atoms with Crippen LogP contribution in [0.5, 0.6) is 5.75 Å². The van der Waals surface area contributed by atoms with Crippen LogP contribution in [0.3, 0.4) is 0 Å². The van der Waals surface area contributed by atoms with Crippen molar-refractivity contribution in [1.82, 2.24) is 30.6 Å². The van der Waals surface area contributed by atoms with Crippen LogP contribution in [-0.2, 0) is 4.79 Å². The van der Waals surface area contributed by atoms with Gasteiger partial charge in [0.2, 0.25) is 17.6 Å². The molecule has 0 aliphatic heterocycles. The lowest BCUT2D eigenvalue weighted by Crippen LogP contribution is -2.22. The van der Waals surface area contributed by atoms with Crippen molar-refractivity contribution < 1.29 is 23.0 Å². The van der Waals surface area contributed by atoms with Gasteiger partial charge in [-0.05, 0) is 18.9 Å². The molecule has 1 aliphatic carbocycles. The number of hydrogen-bond acceptors (Lipinski definition) is 10. The third kappa shape index (κ3) is 4.27. The van der Waals surface area contributed by atoms with Gasteiger partial charge in [0.15, 0.2) is 23.1 Å². The summed E-state index contributed by atoms with van der Waals surface area (Å²) in [6.07, 6.45) is 3.03. The van der Waals surface area contributed by atoms with Crippen LogP contribution in [0.25, 0.3) is 11.4 Å². The molecule has 31 heavy (non-hydrogen) atoms. The number of aromatic nitrogens is 5. The highest BCUT2D eigenvalue weighted by atomic mass is 16.5. The van der Waals surface area contributed by atoms with Gasteiger partial charge in [-0.1, -0.05) is 5.16 Å². The van der Waals surface area contributed by atoms with E-state index in [1.165, 1.54) is 19.4 Å². The number of pyridine rings is 1. The van der Waals surface area contributed by atoms with E-state index >= 15 is 0 Å². The fraction of sp³-hybridized carbons (Fsp3) is 0.316. The second-order valence-electron chi connectivity index (χ2n) is 6.71. The topological polar surface area (TPSA) is 157 Å². The minimum Gasteiger partial charge on any atom is -0.492 e. The first-order chi connectivity index (χ1) is 16.1. The van der Waals surface area contributed by atoms with Crippen molar-refractivity contribution in [3.05, 3.63) is 29.9 Å². The Kier molecular flexibility index (Phi) is 4.49. The number of carbonyl (C=O) groups excluding carboxylic acids is 2. The highest BCUT2D eigenvalue weighted by molar-refractivity contribution is 5.99. The van der Waals surface area contributed by atoms with Crippen molar-refractivity contribution in [2.45, 2.75) is 19.8 Å². The van der Waals surface area contributed by atoms with Gasteiger partial charge in [-0.25, -0.2) is 4.98 Å². The first kappa shape index (κ1) is 16.7. The largest absolute Gasteiger partial charge is 0.492 e. The Bertz CT molecular complexity index is 1240. The van der Waals surface area contributed by atoms with E-state index in [1.54, 1.807) is 13.0 Å². The predicted molar refractivity (Wildman–Crippen MR) is 109 cm³/mol. The minimum absolute atomic E-state index is 0.0371. The summed E-state index contributed by atoms with van der Waals surface area (Å²) in [5.41, 5.74) is 0.162. The van der Waals surface area contributed by atoms with Gasteiger partial charge >= 0.3 is 0 Å². The molecule has 3 aromatic heterocycles. The fourth-order valence-corrected chi connectivity index (χ4v) is 2.80. The van der Waals surface area contributed by atoms with Gasteiger partial charge in [-0.15, -0.1) is 10.2 Å². The predicted octanol–water partition coefficient (Wildman–Crippen LogP) is 1.69. The van der Waals surface area contributed by atoms with Gasteiger partial charge in [0.1, 0.15) is 0 Å². The molecule has 0 spiro atoms. The normalized spacial score (nSPS) is 14.7. The molecule has 160 valence electrons. The van der Waals surface area contributed by atoms with E-state index in [2.05, 4.69) is 36.0 Å². The lowest BCUT2D eigenvalue weighted by atomic mass is 10.2. The Hall–Kier alpha value is -4.09. The van der Waals surface area contributed by atoms with Crippen molar-refractivity contribution in [3.63, 3.8) is 0 Å². The number of anilines is 3. The summed E-state index contributed by atoms with van der Waals surface area (Å²) >= 11 is 0. The number of carbonyl (C=O) groups is 2. The van der Waals surface area contributed by atoms with E-state index in [-0.39, 0.29) is 46.4 Å². The van der Waals surface area contributed by atoms with E-state index in [1.807, 2.05) is 5.32 Å². The molecule has 12 heteroatoms. The molecule has 0 aromatic carbocycles. The van der Waals surface area contributed by atoms with E-state index < -0.39 is 12.9 Å². The van der Waals surface area contributed by atoms with Crippen molar-refractivity contribution in [2.24, 2.45) is 5.92 Å². The monoisotopic (exact) mass is 427 g/mol. The Morgan fingerprint density at radius 2 is 2.16 bits per heavy atom. The standard InChI is InChI=1S/C19H20N8O4/c1-9-22-16(27-31-9)11-6-7-21-17(15(11)30-3)23-12-8-13(24-18(28)10-4-5-10)25-26-14(12)19(29)20-2/h6-8,10H,4-5H2,1-3H3,(H,20,29)(H2,21,23,24,25,28)/i2D3. The molecule has 1 fully saturated rings. The molecule has 12 nitrogen and oxygen atoms in total. The van der Waals surface area contributed by atoms with Gasteiger partial charge in [-0.3, -0.25) is 9.59 Å². The van der Waals surface area contributed by atoms with Crippen LogP contribution >= 0.6 is 0 Å². The zero-order valence-corrected chi connectivity index (χ0v) is 16.6. The molecule has 4 rings (SSSR count). The molecule has 3 aromatic rings. The van der Waals surface area contributed by atoms with Gasteiger partial charge in [0.05, 0.1) is 18.4 Å². The quantitative estimate of drug-likeness (QED) is 0.507. The number of nitrogens with zero attached hydrogens (tertiary/aromatic N) is 5. The number of hydrogen-bond donors (Lipinski definition) is 3. The first-order valence-corrected chi connectivity index (χ1v) is 9.26. The summed E-state index contributed by atoms with van der Waals surface area (Å²) in [5, 5.41) is 19.0. The number of ether oxygens (including phenoxy) is 1. The number of aryl methyl sites for hydroxylation is 1. The molecule has 0 unspecified atom stereocenters. The van der Waals surface area contributed by atoms with Crippen LogP contribution in [0.2, 0.25) is 0 Å². The average Bonchev–Trinajstić information content (AvgIpc) is 3.53. The molecule has 3 N–H and O–H groups in total. The van der Waals surface area contributed by atoms with Crippen LogP contribution in [-0.4, -0.2) is 51.2 Å². The van der Waals surface area contributed by atoms with Crippen molar-refractivity contribution in [3.8, 4) is 17.1 Å². The maximum atomic E-state index is 12.6. The van der Waals surface area contributed by atoms with Gasteiger partial charge in [-0.2, -0.15) is 4.98 Å². The number of amides is 2. The second-order valence-corrected chi connectivity index (χ2v) is 6.71. The molecule has 0 radical (unpaired) electrons. The maximum absolute atomic E-state index is 12.6. The summed E-state index contributed by atoms with van der Waals surface area (Å²) in [4.78, 5) is 33.2. The SMILES string of the molecule is [2H]C([2H])([2H])NC(=O)c1nnc(NC(=O)C2CC2)cc1Nc1nccc(-c2noc(C)n2)c1OC. The van der Waals surface area contributed by atoms with Crippen LogP contribution in [0.4, 0.5) is 17.3 Å². The molecule has 0 bridgehead atoms. The van der Waals surface area contributed by atoms with Crippen molar-refractivity contribution in [1.29, 1.82) is 0 Å². The van der Waals surface area contributed by atoms with Gasteiger partial charge in [0, 0.05) is 36.2 Å². The third-order valence-electron chi connectivity index (χ3n) is 4.45. The van der Waals surface area contributed by atoms with E-state index in [0.29, 0.717) is 11.5 Å². The summed E-state index contributed by atoms with van der Waals surface area (Å²) in [5.74, 6) is -0.248. The van der Waals surface area contributed by atoms with Crippen LogP contribution < -0.4 is 20.7 Å². The minimum atomic E-state index is -2.75. The Morgan fingerprint density at radius 1 is 1.32 bits per heavy atom. The molecular weight excluding hydrogens is 404 g/mol. The fourth-order valence-electron chi connectivity index (χ4n) is 2.80. The van der Waals surface area contributed by atoms with Gasteiger partial charge in [0.25, 0.3) is 5.91 Å². The van der Waals surface area contributed by atoms with Gasteiger partial charge < -0.3 is 25.2 Å². The number of rotatable bonds is 7. The lowest BCUT2D eigenvalue weighted by Gasteiger charge is -2.15.